The number of nitrogens with zero attached hydrogens (tertiary/aromatic N) is 2. The number of benzene rings is 1. The van der Waals surface area contributed by atoms with Gasteiger partial charge in [0.05, 0.1) is 0 Å². The van der Waals surface area contributed by atoms with E-state index in [9.17, 15) is 4.79 Å². The molecule has 1 amide bonds. The molecule has 0 fully saturated rings. The first-order chi connectivity index (χ1) is 10.1. The molecular formula is C17H19N3O. The van der Waals surface area contributed by atoms with Gasteiger partial charge in [0.25, 0.3) is 0 Å². The van der Waals surface area contributed by atoms with Crippen LogP contribution in [-0.2, 0) is 11.3 Å². The molecule has 108 valence electrons. The van der Waals surface area contributed by atoms with Crippen LogP contribution in [0.15, 0.2) is 54.9 Å². The molecule has 4 nitrogen and oxygen atoms in total. The Bertz CT molecular complexity index is 621. The van der Waals surface area contributed by atoms with E-state index in [-0.39, 0.29) is 5.91 Å². The average Bonchev–Trinajstić information content (AvgIpc) is 2.46. The van der Waals surface area contributed by atoms with E-state index in [4.69, 9.17) is 0 Å². The predicted molar refractivity (Wildman–Crippen MR) is 85.7 cm³/mol. The van der Waals surface area contributed by atoms with Crippen LogP contribution < -0.4 is 5.32 Å². The highest BCUT2D eigenvalue weighted by Crippen LogP contribution is 2.12. The fourth-order valence-electron chi connectivity index (χ4n) is 1.94. The number of carbonyl (C=O) groups excluding carboxylic acids is 1. The van der Waals surface area contributed by atoms with Crippen molar-refractivity contribution in [3.63, 3.8) is 0 Å². The van der Waals surface area contributed by atoms with Gasteiger partial charge < -0.3 is 10.2 Å². The minimum Gasteiger partial charge on any atom is -0.323 e. The molecule has 0 saturated carbocycles. The van der Waals surface area contributed by atoms with Gasteiger partial charge in [-0.05, 0) is 55.6 Å². The van der Waals surface area contributed by atoms with Crippen molar-refractivity contribution in [2.24, 2.45) is 0 Å². The number of anilines is 1. The van der Waals surface area contributed by atoms with Gasteiger partial charge >= 0.3 is 0 Å². The fraction of sp³-hybridized carbons (Fsp3) is 0.176. The first-order valence-electron chi connectivity index (χ1n) is 6.76. The van der Waals surface area contributed by atoms with Gasteiger partial charge in [-0.1, -0.05) is 12.1 Å². The summed E-state index contributed by atoms with van der Waals surface area (Å²) in [7, 11) is 4.03. The number of aromatic nitrogens is 1. The Morgan fingerprint density at radius 1 is 1.24 bits per heavy atom. The van der Waals surface area contributed by atoms with Gasteiger partial charge in [-0.15, -0.1) is 0 Å². The lowest BCUT2D eigenvalue weighted by Gasteiger charge is -2.10. The highest BCUT2D eigenvalue weighted by molar-refractivity contribution is 6.01. The van der Waals surface area contributed by atoms with Crippen molar-refractivity contribution in [1.82, 2.24) is 9.88 Å². The zero-order valence-corrected chi connectivity index (χ0v) is 12.3. The standard InChI is InChI=1S/C17H19N3O/c1-20(2)13-15-4-3-5-16(12-15)19-17(21)7-6-14-8-10-18-11-9-14/h3-12H,13H2,1-2H3,(H,19,21). The second-order valence-electron chi connectivity index (χ2n) is 5.04. The molecule has 0 saturated heterocycles. The number of carbonyl (C=O) groups is 1. The highest BCUT2D eigenvalue weighted by atomic mass is 16.1. The number of nitrogens with one attached hydrogen (secondary N) is 1. The van der Waals surface area contributed by atoms with E-state index in [1.54, 1.807) is 18.5 Å². The molecule has 0 aliphatic carbocycles. The maximum atomic E-state index is 11.9. The molecule has 0 spiro atoms. The van der Waals surface area contributed by atoms with Crippen LogP contribution in [0.25, 0.3) is 6.08 Å². The molecule has 21 heavy (non-hydrogen) atoms. The van der Waals surface area contributed by atoms with E-state index in [0.29, 0.717) is 0 Å². The molecule has 4 heteroatoms. The maximum Gasteiger partial charge on any atom is 0.248 e. The van der Waals surface area contributed by atoms with Gasteiger partial charge in [0.2, 0.25) is 5.91 Å². The summed E-state index contributed by atoms with van der Waals surface area (Å²) in [4.78, 5) is 17.9. The predicted octanol–water partition coefficient (Wildman–Crippen LogP) is 2.80. The van der Waals surface area contributed by atoms with Crippen LogP contribution in [0.3, 0.4) is 0 Å². The smallest absolute Gasteiger partial charge is 0.248 e. The average molecular weight is 281 g/mol. The summed E-state index contributed by atoms with van der Waals surface area (Å²) in [5.41, 5.74) is 2.91. The van der Waals surface area contributed by atoms with Crippen LogP contribution in [0.2, 0.25) is 0 Å². The number of rotatable bonds is 5. The van der Waals surface area contributed by atoms with Crippen molar-refractivity contribution in [2.75, 3.05) is 19.4 Å². The number of hydrogen-bond donors (Lipinski definition) is 1. The van der Waals surface area contributed by atoms with E-state index in [1.807, 2.05) is 50.5 Å². The summed E-state index contributed by atoms with van der Waals surface area (Å²) in [6, 6.07) is 11.6. The molecular weight excluding hydrogens is 262 g/mol. The molecule has 0 aliphatic rings. The monoisotopic (exact) mass is 281 g/mol. The summed E-state index contributed by atoms with van der Waals surface area (Å²) < 4.78 is 0. The van der Waals surface area contributed by atoms with Crippen LogP contribution in [0.4, 0.5) is 5.69 Å². The molecule has 0 atom stereocenters. The van der Waals surface area contributed by atoms with E-state index in [1.165, 1.54) is 6.08 Å². The third-order valence-corrected chi connectivity index (χ3v) is 2.83. The topological polar surface area (TPSA) is 45.2 Å². The fourth-order valence-corrected chi connectivity index (χ4v) is 1.94. The molecule has 1 N–H and O–H groups in total. The summed E-state index contributed by atoms with van der Waals surface area (Å²) in [5.74, 6) is -0.145. The quantitative estimate of drug-likeness (QED) is 0.857. The summed E-state index contributed by atoms with van der Waals surface area (Å²) >= 11 is 0. The number of hydrogen-bond acceptors (Lipinski definition) is 3. The van der Waals surface area contributed by atoms with Crippen molar-refractivity contribution in [3.8, 4) is 0 Å². The van der Waals surface area contributed by atoms with Crippen molar-refractivity contribution in [2.45, 2.75) is 6.54 Å². The lowest BCUT2D eigenvalue weighted by molar-refractivity contribution is -0.111. The van der Waals surface area contributed by atoms with Crippen molar-refractivity contribution >= 4 is 17.7 Å². The first-order valence-corrected chi connectivity index (χ1v) is 6.76. The molecule has 1 aromatic heterocycles. The zero-order chi connectivity index (χ0) is 15.1. The summed E-state index contributed by atoms with van der Waals surface area (Å²) in [6.45, 7) is 0.844. The van der Waals surface area contributed by atoms with Gasteiger partial charge in [0.15, 0.2) is 0 Å². The van der Waals surface area contributed by atoms with Crippen molar-refractivity contribution in [1.29, 1.82) is 0 Å². The van der Waals surface area contributed by atoms with E-state index in [2.05, 4.69) is 15.2 Å². The molecule has 1 aromatic carbocycles. The second-order valence-corrected chi connectivity index (χ2v) is 5.04. The Balaban J connectivity index is 1.98. The third-order valence-electron chi connectivity index (χ3n) is 2.83. The molecule has 2 aromatic rings. The van der Waals surface area contributed by atoms with Crippen LogP contribution in [0, 0.1) is 0 Å². The summed E-state index contributed by atoms with van der Waals surface area (Å²) in [5, 5.41) is 2.87. The molecule has 0 aliphatic heterocycles. The molecule has 0 radical (unpaired) electrons. The van der Waals surface area contributed by atoms with Crippen LogP contribution in [-0.4, -0.2) is 29.9 Å². The van der Waals surface area contributed by atoms with Gasteiger partial charge in [-0.25, -0.2) is 0 Å². The van der Waals surface area contributed by atoms with Crippen molar-refractivity contribution < 1.29 is 4.79 Å². The largest absolute Gasteiger partial charge is 0.323 e. The minimum atomic E-state index is -0.145. The Kier molecular flexibility index (Phi) is 5.23. The molecule has 0 bridgehead atoms. The Hall–Kier alpha value is -2.46. The maximum absolute atomic E-state index is 11.9. The SMILES string of the molecule is CN(C)Cc1cccc(NC(=O)C=Cc2ccncc2)c1. The molecule has 0 unspecified atom stereocenters. The van der Waals surface area contributed by atoms with Crippen LogP contribution >= 0.6 is 0 Å². The number of pyridine rings is 1. The normalized spacial score (nSPS) is 11.0. The summed E-state index contributed by atoms with van der Waals surface area (Å²) in [6.07, 6.45) is 6.68. The van der Waals surface area contributed by atoms with E-state index in [0.717, 1.165) is 23.4 Å². The Morgan fingerprint density at radius 3 is 2.71 bits per heavy atom. The van der Waals surface area contributed by atoms with Crippen LogP contribution in [0.5, 0.6) is 0 Å². The molecule has 1 heterocycles. The number of amides is 1. The van der Waals surface area contributed by atoms with Gasteiger partial charge in [0.1, 0.15) is 0 Å². The lowest BCUT2D eigenvalue weighted by atomic mass is 10.2. The van der Waals surface area contributed by atoms with Crippen LogP contribution in [0.1, 0.15) is 11.1 Å². The minimum absolute atomic E-state index is 0.145. The highest BCUT2D eigenvalue weighted by Gasteiger charge is 2.00. The van der Waals surface area contributed by atoms with Gasteiger partial charge in [-0.2, -0.15) is 0 Å². The lowest BCUT2D eigenvalue weighted by Crippen LogP contribution is -2.12. The van der Waals surface area contributed by atoms with E-state index < -0.39 is 0 Å². The molecule has 2 rings (SSSR count). The third kappa shape index (κ3) is 5.20. The van der Waals surface area contributed by atoms with E-state index >= 15 is 0 Å². The Labute approximate surface area is 125 Å². The van der Waals surface area contributed by atoms with Gasteiger partial charge in [-0.3, -0.25) is 9.78 Å². The second kappa shape index (κ2) is 7.36. The van der Waals surface area contributed by atoms with Crippen molar-refractivity contribution in [3.05, 3.63) is 66.0 Å². The van der Waals surface area contributed by atoms with Gasteiger partial charge in [0, 0.05) is 30.7 Å². The Morgan fingerprint density at radius 2 is 2.00 bits per heavy atom. The zero-order valence-electron chi connectivity index (χ0n) is 12.3. The first kappa shape index (κ1) is 14.9.